The lowest BCUT2D eigenvalue weighted by Gasteiger charge is -2.17. The number of carbonyl (C=O) groups excluding carboxylic acids is 2. The van der Waals surface area contributed by atoms with Crippen molar-refractivity contribution in [2.24, 2.45) is 5.92 Å². The maximum Gasteiger partial charge on any atom is 0.306 e. The van der Waals surface area contributed by atoms with Crippen LogP contribution in [0.3, 0.4) is 0 Å². The van der Waals surface area contributed by atoms with Crippen LogP contribution in [0.5, 0.6) is 23.0 Å². The Kier molecular flexibility index (Phi) is 7.00. The second-order valence-electron chi connectivity index (χ2n) is 7.93. The Hall–Kier alpha value is -4.67. The third-order valence-corrected chi connectivity index (χ3v) is 5.65. The zero-order valence-electron chi connectivity index (χ0n) is 19.4. The fourth-order valence-corrected chi connectivity index (χ4v) is 3.79. The highest BCUT2D eigenvalue weighted by molar-refractivity contribution is 6.03. The van der Waals surface area contributed by atoms with Crippen LogP contribution in [0.1, 0.15) is 6.42 Å². The molecule has 1 saturated heterocycles. The molecule has 0 aliphatic carbocycles. The molecule has 0 aromatic heterocycles. The second-order valence-corrected chi connectivity index (χ2v) is 7.93. The van der Waals surface area contributed by atoms with Gasteiger partial charge in [-0.05, 0) is 48.5 Å². The number of nitro benzene ring substituents is 1. The highest BCUT2D eigenvalue weighted by atomic mass is 19.1. The largest absolute Gasteiger partial charge is 0.497 e. The highest BCUT2D eigenvalue weighted by Gasteiger charge is 2.36. The number of nitrogens with one attached hydrogen (secondary N) is 1. The molecule has 0 unspecified atom stereocenters. The minimum Gasteiger partial charge on any atom is -0.497 e. The van der Waals surface area contributed by atoms with Crippen LogP contribution in [-0.2, 0) is 9.59 Å². The van der Waals surface area contributed by atoms with Crippen molar-refractivity contribution >= 4 is 28.9 Å². The van der Waals surface area contributed by atoms with Gasteiger partial charge >= 0.3 is 5.69 Å². The molecule has 1 N–H and O–H groups in total. The zero-order valence-corrected chi connectivity index (χ0v) is 19.4. The molecule has 1 aliphatic heterocycles. The van der Waals surface area contributed by atoms with Gasteiger partial charge in [0.2, 0.25) is 17.6 Å². The number of nitrogens with zero attached hydrogens (tertiary/aromatic N) is 2. The summed E-state index contributed by atoms with van der Waals surface area (Å²) in [7, 11) is 3.05. The molecule has 186 valence electrons. The summed E-state index contributed by atoms with van der Waals surface area (Å²) in [6, 6.07) is 15.0. The minimum atomic E-state index is -1.00. The predicted octanol–water partition coefficient (Wildman–Crippen LogP) is 4.54. The number of rotatable bonds is 8. The number of anilines is 2. The van der Waals surface area contributed by atoms with Crippen LogP contribution in [-0.4, -0.2) is 37.5 Å². The van der Waals surface area contributed by atoms with Gasteiger partial charge in [0.15, 0.2) is 11.5 Å². The molecule has 1 heterocycles. The Morgan fingerprint density at radius 3 is 2.42 bits per heavy atom. The summed E-state index contributed by atoms with van der Waals surface area (Å²) in [5.74, 6) is -0.509. The third-order valence-electron chi connectivity index (χ3n) is 5.65. The zero-order chi connectivity index (χ0) is 25.8. The van der Waals surface area contributed by atoms with Crippen molar-refractivity contribution in [3.05, 3.63) is 76.6 Å². The van der Waals surface area contributed by atoms with Gasteiger partial charge in [-0.1, -0.05) is 0 Å². The Bertz CT molecular complexity index is 1310. The van der Waals surface area contributed by atoms with Crippen LogP contribution in [0.25, 0.3) is 0 Å². The molecular formula is C25H22FN3O7. The van der Waals surface area contributed by atoms with E-state index in [0.29, 0.717) is 28.7 Å². The van der Waals surface area contributed by atoms with E-state index in [1.54, 1.807) is 49.6 Å². The van der Waals surface area contributed by atoms with Crippen molar-refractivity contribution < 1.29 is 33.1 Å². The summed E-state index contributed by atoms with van der Waals surface area (Å²) in [5.41, 5.74) is -0.161. The van der Waals surface area contributed by atoms with E-state index >= 15 is 0 Å². The van der Waals surface area contributed by atoms with Crippen LogP contribution >= 0.6 is 0 Å². The average molecular weight is 495 g/mol. The monoisotopic (exact) mass is 495 g/mol. The lowest BCUT2D eigenvalue weighted by Crippen LogP contribution is -2.28. The van der Waals surface area contributed by atoms with Crippen molar-refractivity contribution in [3.8, 4) is 23.0 Å². The normalized spacial score (nSPS) is 14.9. The Balaban J connectivity index is 1.47. The Labute approximate surface area is 205 Å². The standard InChI is InChI=1S/C25H22FN3O7/c1-34-18-5-7-19(8-6-18)36-23-12-16(3-10-22(23)35-2)27-25(31)15-11-24(30)28(14-15)17-4-9-20(26)21(13-17)29(32)33/h3-10,12-13,15H,11,14H2,1-2H3,(H,27,31)/t15-/m0/s1. The molecular weight excluding hydrogens is 473 g/mol. The first kappa shape index (κ1) is 24.5. The van der Waals surface area contributed by atoms with Gasteiger partial charge in [-0.25, -0.2) is 0 Å². The van der Waals surface area contributed by atoms with Crippen LogP contribution in [0.15, 0.2) is 60.7 Å². The number of amides is 2. The quantitative estimate of drug-likeness (QED) is 0.360. The summed E-state index contributed by atoms with van der Waals surface area (Å²) in [5, 5.41) is 13.8. The van der Waals surface area contributed by atoms with E-state index in [1.807, 2.05) is 0 Å². The molecule has 1 atom stereocenters. The highest BCUT2D eigenvalue weighted by Crippen LogP contribution is 2.35. The second kappa shape index (κ2) is 10.3. The number of hydrogen-bond donors (Lipinski definition) is 1. The fourth-order valence-electron chi connectivity index (χ4n) is 3.79. The molecule has 3 aromatic rings. The van der Waals surface area contributed by atoms with Gasteiger partial charge in [0.05, 0.1) is 30.7 Å². The van der Waals surface area contributed by atoms with E-state index < -0.39 is 34.2 Å². The van der Waals surface area contributed by atoms with Crippen molar-refractivity contribution in [3.63, 3.8) is 0 Å². The molecule has 0 spiro atoms. The van der Waals surface area contributed by atoms with Crippen LogP contribution in [0, 0.1) is 21.8 Å². The summed E-state index contributed by atoms with van der Waals surface area (Å²) in [6.45, 7) is -0.00118. The van der Waals surface area contributed by atoms with Crippen molar-refractivity contribution in [1.82, 2.24) is 0 Å². The van der Waals surface area contributed by atoms with Crippen molar-refractivity contribution in [2.45, 2.75) is 6.42 Å². The number of methoxy groups -OCH3 is 2. The molecule has 1 aliphatic rings. The lowest BCUT2D eigenvalue weighted by atomic mass is 10.1. The first-order valence-corrected chi connectivity index (χ1v) is 10.8. The predicted molar refractivity (Wildman–Crippen MR) is 128 cm³/mol. The number of benzene rings is 3. The van der Waals surface area contributed by atoms with Crippen molar-refractivity contribution in [1.29, 1.82) is 0 Å². The van der Waals surface area contributed by atoms with Gasteiger partial charge in [-0.15, -0.1) is 0 Å². The summed E-state index contributed by atoms with van der Waals surface area (Å²) >= 11 is 0. The number of hydrogen-bond acceptors (Lipinski definition) is 7. The van der Waals surface area contributed by atoms with Gasteiger partial charge in [-0.3, -0.25) is 19.7 Å². The first-order chi connectivity index (χ1) is 17.3. The molecule has 11 heteroatoms. The van der Waals surface area contributed by atoms with Gasteiger partial charge < -0.3 is 24.4 Å². The molecule has 2 amide bonds. The first-order valence-electron chi connectivity index (χ1n) is 10.8. The molecule has 3 aromatic carbocycles. The molecule has 0 bridgehead atoms. The fraction of sp³-hybridized carbons (Fsp3) is 0.200. The Morgan fingerprint density at radius 1 is 1.03 bits per heavy atom. The van der Waals surface area contributed by atoms with Crippen molar-refractivity contribution in [2.75, 3.05) is 31.0 Å². The van der Waals surface area contributed by atoms with E-state index in [9.17, 15) is 24.1 Å². The number of halogens is 1. The SMILES string of the molecule is COc1ccc(Oc2cc(NC(=O)[C@H]3CC(=O)N(c4ccc(F)c([N+](=O)[O-])c4)C3)ccc2OC)cc1. The van der Waals surface area contributed by atoms with Gasteiger partial charge in [0.1, 0.15) is 11.5 Å². The third kappa shape index (κ3) is 5.19. The molecule has 10 nitrogen and oxygen atoms in total. The van der Waals surface area contributed by atoms with E-state index in [2.05, 4.69) is 5.32 Å². The molecule has 1 fully saturated rings. The smallest absolute Gasteiger partial charge is 0.306 e. The topological polar surface area (TPSA) is 120 Å². The molecule has 4 rings (SSSR count). The van der Waals surface area contributed by atoms with Gasteiger partial charge in [0, 0.05) is 30.8 Å². The Morgan fingerprint density at radius 2 is 1.75 bits per heavy atom. The van der Waals surface area contributed by atoms with Crippen LogP contribution in [0.4, 0.5) is 21.5 Å². The maximum absolute atomic E-state index is 13.7. The summed E-state index contributed by atoms with van der Waals surface area (Å²) in [6.07, 6.45) is -0.0949. The summed E-state index contributed by atoms with van der Waals surface area (Å²) in [4.78, 5) is 36.9. The molecule has 0 saturated carbocycles. The average Bonchev–Trinajstić information content (AvgIpc) is 3.26. The maximum atomic E-state index is 13.7. The molecule has 0 radical (unpaired) electrons. The van der Waals surface area contributed by atoms with E-state index in [-0.39, 0.29) is 18.7 Å². The lowest BCUT2D eigenvalue weighted by molar-refractivity contribution is -0.387. The van der Waals surface area contributed by atoms with E-state index in [1.165, 1.54) is 18.1 Å². The number of nitro groups is 1. The van der Waals surface area contributed by atoms with E-state index in [4.69, 9.17) is 14.2 Å². The van der Waals surface area contributed by atoms with E-state index in [0.717, 1.165) is 12.1 Å². The summed E-state index contributed by atoms with van der Waals surface area (Å²) < 4.78 is 30.1. The van der Waals surface area contributed by atoms with Gasteiger partial charge in [-0.2, -0.15) is 4.39 Å². The molecule has 36 heavy (non-hydrogen) atoms. The number of ether oxygens (including phenoxy) is 3. The van der Waals surface area contributed by atoms with Gasteiger partial charge in [0.25, 0.3) is 0 Å². The number of carbonyl (C=O) groups is 2. The van der Waals surface area contributed by atoms with Crippen LogP contribution < -0.4 is 24.4 Å². The minimum absolute atomic E-state index is 0.00118. The van der Waals surface area contributed by atoms with Crippen LogP contribution in [0.2, 0.25) is 0 Å².